The van der Waals surface area contributed by atoms with Crippen LogP contribution in [0.5, 0.6) is 0 Å². The number of nitrogens with two attached hydrogens (primary N) is 1. The quantitative estimate of drug-likeness (QED) is 0.481. The number of carbonyl (C=O) groups is 2. The molecule has 10 nitrogen and oxygen atoms in total. The molecule has 1 atom stereocenters. The molecule has 0 aliphatic rings. The fraction of sp³-hybridized carbons (Fsp3) is 0.200. The molecule has 0 spiro atoms. The van der Waals surface area contributed by atoms with Crippen LogP contribution in [0.3, 0.4) is 0 Å². The van der Waals surface area contributed by atoms with Crippen molar-refractivity contribution in [3.8, 4) is 17.1 Å². The van der Waals surface area contributed by atoms with Crippen LogP contribution in [0.1, 0.15) is 6.92 Å². The molecular formula is C20H21FN6O4S2. The van der Waals surface area contributed by atoms with Crippen LogP contribution in [0.25, 0.3) is 17.1 Å². The Hall–Kier alpha value is -3.29. The zero-order valence-corrected chi connectivity index (χ0v) is 19.5. The summed E-state index contributed by atoms with van der Waals surface area (Å²) in [5, 5.41) is 9.84. The van der Waals surface area contributed by atoms with Crippen LogP contribution in [-0.2, 0) is 14.8 Å². The molecule has 3 N–H and O–H groups in total. The van der Waals surface area contributed by atoms with Gasteiger partial charge < -0.3 is 5.73 Å². The van der Waals surface area contributed by atoms with Gasteiger partial charge >= 0.3 is 6.03 Å². The van der Waals surface area contributed by atoms with Crippen molar-refractivity contribution in [2.24, 2.45) is 5.73 Å². The number of benzene rings is 2. The first-order valence-electron chi connectivity index (χ1n) is 9.52. The molecule has 0 saturated heterocycles. The Balaban J connectivity index is 2.11. The van der Waals surface area contributed by atoms with E-state index in [9.17, 15) is 22.4 Å². The standard InChI is InChI=1S/C20H21FN6O4S2/c1-12(18(28)23-19(22)29)32-20-25-24-17(27(20)15-9-7-14(21)8-10-15)13-5-4-6-16(11-13)33(30,31)26(2)3/h4-12H,1-3H3,(H3,22,23,28,29)/t12-/m0/s1. The van der Waals surface area contributed by atoms with E-state index >= 15 is 0 Å². The van der Waals surface area contributed by atoms with E-state index in [-0.39, 0.29) is 15.9 Å². The molecule has 3 aromatic rings. The van der Waals surface area contributed by atoms with Gasteiger partial charge in [0.25, 0.3) is 0 Å². The zero-order chi connectivity index (χ0) is 24.3. The lowest BCUT2D eigenvalue weighted by Gasteiger charge is -2.14. The molecule has 0 fully saturated rings. The van der Waals surface area contributed by atoms with Crippen LogP contribution >= 0.6 is 11.8 Å². The summed E-state index contributed by atoms with van der Waals surface area (Å²) in [6, 6.07) is 10.7. The van der Waals surface area contributed by atoms with Gasteiger partial charge in [-0.05, 0) is 43.3 Å². The lowest BCUT2D eigenvalue weighted by Crippen LogP contribution is -2.39. The van der Waals surface area contributed by atoms with Gasteiger partial charge in [-0.2, -0.15) is 0 Å². The molecule has 0 radical (unpaired) electrons. The monoisotopic (exact) mass is 492 g/mol. The van der Waals surface area contributed by atoms with Gasteiger partial charge in [-0.3, -0.25) is 14.7 Å². The fourth-order valence-corrected chi connectivity index (χ4v) is 4.61. The fourth-order valence-electron chi connectivity index (χ4n) is 2.80. The molecular weight excluding hydrogens is 471 g/mol. The van der Waals surface area contributed by atoms with Crippen molar-refractivity contribution in [2.45, 2.75) is 22.2 Å². The average Bonchev–Trinajstić information content (AvgIpc) is 3.17. The Morgan fingerprint density at radius 2 is 1.82 bits per heavy atom. The largest absolute Gasteiger partial charge is 0.351 e. The van der Waals surface area contributed by atoms with Crippen LogP contribution in [0.2, 0.25) is 0 Å². The van der Waals surface area contributed by atoms with E-state index in [0.29, 0.717) is 11.3 Å². The smallest absolute Gasteiger partial charge is 0.318 e. The second kappa shape index (κ2) is 9.68. The van der Waals surface area contributed by atoms with E-state index in [0.717, 1.165) is 16.1 Å². The highest BCUT2D eigenvalue weighted by atomic mass is 32.2. The summed E-state index contributed by atoms with van der Waals surface area (Å²) >= 11 is 0.999. The molecule has 0 aliphatic heterocycles. The number of rotatable bonds is 7. The second-order valence-corrected chi connectivity index (χ2v) is 10.5. The van der Waals surface area contributed by atoms with Crippen molar-refractivity contribution in [2.75, 3.05) is 14.1 Å². The summed E-state index contributed by atoms with van der Waals surface area (Å²) in [5.41, 5.74) is 5.94. The third-order valence-electron chi connectivity index (χ3n) is 4.49. The number of nitrogens with one attached hydrogen (secondary N) is 1. The number of sulfonamides is 1. The van der Waals surface area contributed by atoms with Crippen LogP contribution in [-0.4, -0.2) is 58.8 Å². The van der Waals surface area contributed by atoms with Crippen LogP contribution < -0.4 is 11.1 Å². The molecule has 0 saturated carbocycles. The molecule has 33 heavy (non-hydrogen) atoms. The molecule has 0 unspecified atom stereocenters. The van der Waals surface area contributed by atoms with Gasteiger partial charge in [0.05, 0.1) is 10.1 Å². The minimum absolute atomic E-state index is 0.0575. The Bertz CT molecular complexity index is 1290. The van der Waals surface area contributed by atoms with Crippen LogP contribution in [0, 0.1) is 5.82 Å². The van der Waals surface area contributed by atoms with Gasteiger partial charge in [0.1, 0.15) is 5.82 Å². The summed E-state index contributed by atoms with van der Waals surface area (Å²) in [7, 11) is -0.847. The minimum atomic E-state index is -3.70. The zero-order valence-electron chi connectivity index (χ0n) is 17.9. The van der Waals surface area contributed by atoms with Gasteiger partial charge in [-0.25, -0.2) is 21.9 Å². The predicted octanol–water partition coefficient (Wildman–Crippen LogP) is 2.00. The number of amides is 3. The van der Waals surface area contributed by atoms with Crippen molar-refractivity contribution in [3.63, 3.8) is 0 Å². The van der Waals surface area contributed by atoms with Gasteiger partial charge in [0.15, 0.2) is 11.0 Å². The number of primary amides is 1. The molecule has 2 aromatic carbocycles. The first kappa shape index (κ1) is 24.4. The summed E-state index contributed by atoms with van der Waals surface area (Å²) in [6.07, 6.45) is 0. The first-order chi connectivity index (χ1) is 15.5. The summed E-state index contributed by atoms with van der Waals surface area (Å²) < 4.78 is 41.4. The van der Waals surface area contributed by atoms with Crippen molar-refractivity contribution in [3.05, 3.63) is 54.3 Å². The number of urea groups is 1. The third-order valence-corrected chi connectivity index (χ3v) is 7.34. The van der Waals surface area contributed by atoms with Gasteiger partial charge in [-0.1, -0.05) is 23.9 Å². The number of hydrogen-bond donors (Lipinski definition) is 2. The number of hydrogen-bond acceptors (Lipinski definition) is 7. The first-order valence-corrected chi connectivity index (χ1v) is 11.8. The summed E-state index contributed by atoms with van der Waals surface area (Å²) in [6.45, 7) is 1.55. The number of thioether (sulfide) groups is 1. The Labute approximate surface area is 194 Å². The SMILES string of the molecule is C[C@H](Sc1nnc(-c2cccc(S(=O)(=O)N(C)C)c2)n1-c1ccc(F)cc1)C(=O)NC(N)=O. The maximum absolute atomic E-state index is 13.5. The number of imide groups is 1. The van der Waals surface area contributed by atoms with E-state index in [2.05, 4.69) is 10.2 Å². The highest BCUT2D eigenvalue weighted by Gasteiger charge is 2.24. The Morgan fingerprint density at radius 3 is 2.42 bits per heavy atom. The second-order valence-electron chi connectivity index (χ2n) is 7.05. The van der Waals surface area contributed by atoms with Crippen LogP contribution in [0.4, 0.5) is 9.18 Å². The van der Waals surface area contributed by atoms with Crippen LogP contribution in [0.15, 0.2) is 58.6 Å². The molecule has 1 heterocycles. The van der Waals surface area contributed by atoms with Gasteiger partial charge in [0, 0.05) is 25.3 Å². The molecule has 1 aromatic heterocycles. The van der Waals surface area contributed by atoms with E-state index in [1.807, 2.05) is 5.32 Å². The van der Waals surface area contributed by atoms with Gasteiger partial charge in [-0.15, -0.1) is 10.2 Å². The third kappa shape index (κ3) is 5.38. The van der Waals surface area contributed by atoms with E-state index in [1.54, 1.807) is 23.6 Å². The van der Waals surface area contributed by atoms with Gasteiger partial charge in [0.2, 0.25) is 15.9 Å². The number of aromatic nitrogens is 3. The van der Waals surface area contributed by atoms with Crippen molar-refractivity contribution < 1.29 is 22.4 Å². The topological polar surface area (TPSA) is 140 Å². The molecule has 174 valence electrons. The van der Waals surface area contributed by atoms with E-state index in [1.165, 1.54) is 50.5 Å². The minimum Gasteiger partial charge on any atom is -0.351 e. The van der Waals surface area contributed by atoms with Crippen molar-refractivity contribution in [1.82, 2.24) is 24.4 Å². The number of nitrogens with zero attached hydrogens (tertiary/aromatic N) is 4. The summed E-state index contributed by atoms with van der Waals surface area (Å²) in [5.74, 6) is -0.792. The molecule has 3 amide bonds. The van der Waals surface area contributed by atoms with E-state index in [4.69, 9.17) is 5.73 Å². The van der Waals surface area contributed by atoms with Crippen molar-refractivity contribution >= 4 is 33.7 Å². The van der Waals surface area contributed by atoms with E-state index < -0.39 is 33.0 Å². The molecule has 3 rings (SSSR count). The summed E-state index contributed by atoms with van der Waals surface area (Å²) in [4.78, 5) is 23.2. The predicted molar refractivity (Wildman–Crippen MR) is 121 cm³/mol. The highest BCUT2D eigenvalue weighted by molar-refractivity contribution is 8.00. The lowest BCUT2D eigenvalue weighted by atomic mass is 10.2. The number of halogens is 1. The average molecular weight is 493 g/mol. The normalized spacial score (nSPS) is 12.5. The van der Waals surface area contributed by atoms with Crippen molar-refractivity contribution in [1.29, 1.82) is 0 Å². The Kier molecular flexibility index (Phi) is 7.15. The molecule has 0 aliphatic carbocycles. The molecule has 13 heteroatoms. The maximum atomic E-state index is 13.5. The Morgan fingerprint density at radius 1 is 1.15 bits per heavy atom. The number of carbonyl (C=O) groups excluding carboxylic acids is 2. The highest BCUT2D eigenvalue weighted by Crippen LogP contribution is 2.31. The lowest BCUT2D eigenvalue weighted by molar-refractivity contribution is -0.119. The molecule has 0 bridgehead atoms. The maximum Gasteiger partial charge on any atom is 0.318 e.